The van der Waals surface area contributed by atoms with Crippen LogP contribution in [-0.2, 0) is 29.2 Å². The van der Waals surface area contributed by atoms with Gasteiger partial charge in [0.15, 0.2) is 0 Å². The molecule has 0 saturated heterocycles. The fourth-order valence-corrected chi connectivity index (χ4v) is 7.02. The van der Waals surface area contributed by atoms with Gasteiger partial charge in [-0.15, -0.1) is 0 Å². The minimum Gasteiger partial charge on any atom is -0.444 e. The number of hydrogen-bond donors (Lipinski definition) is 2. The van der Waals surface area contributed by atoms with Gasteiger partial charge in [-0.2, -0.15) is 0 Å². The van der Waals surface area contributed by atoms with E-state index >= 15 is 0 Å². The van der Waals surface area contributed by atoms with E-state index in [1.807, 2.05) is 67.1 Å². The van der Waals surface area contributed by atoms with Crippen LogP contribution < -0.4 is 10.6 Å². The summed E-state index contributed by atoms with van der Waals surface area (Å²) in [5, 5.41) is 5.98. The zero-order chi connectivity index (χ0) is 41.8. The molecule has 2 atom stereocenters. The number of nitrogens with one attached hydrogen (secondary N) is 2. The number of ether oxygens (including phenoxy) is 3. The van der Waals surface area contributed by atoms with Gasteiger partial charge < -0.3 is 34.6 Å². The van der Waals surface area contributed by atoms with Crippen molar-refractivity contribution in [2.24, 2.45) is 0 Å². The molecule has 1 aliphatic carbocycles. The largest absolute Gasteiger partial charge is 0.444 e. The Morgan fingerprint density at radius 2 is 1.51 bits per heavy atom. The number of alkyl carbamates (subject to hydrolysis) is 1. The van der Waals surface area contributed by atoms with Crippen molar-refractivity contribution in [3.05, 3.63) is 101 Å². The molecule has 0 saturated carbocycles. The highest BCUT2D eigenvalue weighted by Crippen LogP contribution is 2.51. The normalized spacial score (nSPS) is 16.4. The number of fused-ring (bicyclic) bond motifs is 2. The van der Waals surface area contributed by atoms with Crippen molar-refractivity contribution in [1.82, 2.24) is 15.1 Å². The third-order valence-electron chi connectivity index (χ3n) is 10.1. The minimum absolute atomic E-state index is 0.0181. The van der Waals surface area contributed by atoms with E-state index in [2.05, 4.69) is 77.6 Å². The molecule has 0 fully saturated rings. The van der Waals surface area contributed by atoms with E-state index in [4.69, 9.17) is 14.2 Å². The Bertz CT molecular complexity index is 1660. The number of unbranched alkanes of at least 4 members (excludes halogenated alkanes) is 4. The SMILES string of the molecule is C=C(C)/C=C\C=C/C1(CCC(=O)N(C)CCOCCOCCN(C)C)c2ccccc2C(C)c2ccc(NC(=O)CCCCCCCNC(=O)OC(C)(C)C)cc21. The van der Waals surface area contributed by atoms with E-state index in [0.29, 0.717) is 58.8 Å². The molecule has 0 aromatic heterocycles. The maximum atomic E-state index is 13.7. The van der Waals surface area contributed by atoms with E-state index in [-0.39, 0.29) is 23.8 Å². The molecule has 0 aliphatic heterocycles. The second-order valence-electron chi connectivity index (χ2n) is 16.5. The van der Waals surface area contributed by atoms with Gasteiger partial charge in [0, 0.05) is 56.5 Å². The minimum atomic E-state index is -0.617. The highest BCUT2D eigenvalue weighted by molar-refractivity contribution is 5.91. The molecule has 10 nitrogen and oxygen atoms in total. The summed E-state index contributed by atoms with van der Waals surface area (Å²) in [6, 6.07) is 14.8. The number of nitrogens with zero attached hydrogens (tertiary/aromatic N) is 2. The molecule has 57 heavy (non-hydrogen) atoms. The van der Waals surface area contributed by atoms with Gasteiger partial charge in [-0.05, 0) is 95.4 Å². The lowest BCUT2D eigenvalue weighted by Gasteiger charge is -2.42. The van der Waals surface area contributed by atoms with Crippen LogP contribution in [0.1, 0.15) is 114 Å². The Hall–Kier alpha value is -4.25. The molecule has 0 bridgehead atoms. The Morgan fingerprint density at radius 3 is 2.21 bits per heavy atom. The van der Waals surface area contributed by atoms with Crippen molar-refractivity contribution in [2.75, 3.05) is 72.5 Å². The van der Waals surface area contributed by atoms with Crippen LogP contribution >= 0.6 is 0 Å². The number of carbonyl (C=O) groups is 3. The van der Waals surface area contributed by atoms with Crippen LogP contribution in [0.25, 0.3) is 0 Å². The molecule has 0 spiro atoms. The first kappa shape index (κ1) is 47.1. The average Bonchev–Trinajstić information content (AvgIpc) is 3.15. The first-order valence-electron chi connectivity index (χ1n) is 20.7. The Labute approximate surface area is 343 Å². The molecular formula is C47H70N4O6. The molecule has 2 aromatic carbocycles. The first-order valence-corrected chi connectivity index (χ1v) is 20.7. The molecule has 3 rings (SSSR count). The number of likely N-dealkylation sites (N-methyl/N-ethyl adjacent to an activating group) is 2. The summed E-state index contributed by atoms with van der Waals surface area (Å²) in [4.78, 5) is 42.6. The zero-order valence-corrected chi connectivity index (χ0v) is 36.1. The molecule has 314 valence electrons. The van der Waals surface area contributed by atoms with Crippen LogP contribution in [0, 0.1) is 0 Å². The first-order chi connectivity index (χ1) is 27.1. The van der Waals surface area contributed by atoms with Gasteiger partial charge in [0.25, 0.3) is 0 Å². The molecule has 0 radical (unpaired) electrons. The summed E-state index contributed by atoms with van der Waals surface area (Å²) in [5.41, 5.74) is 5.26. The summed E-state index contributed by atoms with van der Waals surface area (Å²) in [7, 11) is 5.86. The summed E-state index contributed by atoms with van der Waals surface area (Å²) in [5.74, 6) is 0.165. The van der Waals surface area contributed by atoms with Crippen molar-refractivity contribution in [3.63, 3.8) is 0 Å². The molecular weight excluding hydrogens is 717 g/mol. The average molecular weight is 787 g/mol. The van der Waals surface area contributed by atoms with Gasteiger partial charge in [-0.25, -0.2) is 4.79 Å². The lowest BCUT2D eigenvalue weighted by molar-refractivity contribution is -0.131. The van der Waals surface area contributed by atoms with Gasteiger partial charge in [0.05, 0.1) is 26.4 Å². The highest BCUT2D eigenvalue weighted by Gasteiger charge is 2.41. The second-order valence-corrected chi connectivity index (χ2v) is 16.5. The van der Waals surface area contributed by atoms with E-state index in [1.165, 1.54) is 16.7 Å². The van der Waals surface area contributed by atoms with Gasteiger partial charge in [-0.1, -0.05) is 93.0 Å². The summed E-state index contributed by atoms with van der Waals surface area (Å²) >= 11 is 0. The van der Waals surface area contributed by atoms with Crippen LogP contribution in [-0.4, -0.2) is 101 Å². The van der Waals surface area contributed by atoms with Crippen molar-refractivity contribution in [3.8, 4) is 0 Å². The quantitative estimate of drug-likeness (QED) is 0.0809. The number of amides is 3. The van der Waals surface area contributed by atoms with Crippen LogP contribution in [0.5, 0.6) is 0 Å². The number of allylic oxidation sites excluding steroid dienone is 5. The maximum Gasteiger partial charge on any atom is 0.407 e. The smallest absolute Gasteiger partial charge is 0.407 e. The summed E-state index contributed by atoms with van der Waals surface area (Å²) < 4.78 is 16.7. The lowest BCUT2D eigenvalue weighted by atomic mass is 9.61. The van der Waals surface area contributed by atoms with Crippen LogP contribution in [0.15, 0.2) is 78.9 Å². The van der Waals surface area contributed by atoms with Crippen molar-refractivity contribution in [1.29, 1.82) is 0 Å². The Balaban J connectivity index is 1.70. The number of rotatable bonds is 24. The molecule has 2 aromatic rings. The molecule has 0 heterocycles. The fraction of sp³-hybridized carbons (Fsp3) is 0.553. The summed E-state index contributed by atoms with van der Waals surface area (Å²) in [6.45, 7) is 17.8. The monoisotopic (exact) mass is 787 g/mol. The molecule has 1 aliphatic rings. The molecule has 2 unspecified atom stereocenters. The van der Waals surface area contributed by atoms with Crippen LogP contribution in [0.4, 0.5) is 10.5 Å². The lowest BCUT2D eigenvalue weighted by Crippen LogP contribution is -2.36. The van der Waals surface area contributed by atoms with Gasteiger partial charge in [-0.3, -0.25) is 9.59 Å². The summed E-state index contributed by atoms with van der Waals surface area (Å²) in [6.07, 6.45) is 13.7. The van der Waals surface area contributed by atoms with E-state index in [1.54, 1.807) is 4.90 Å². The number of anilines is 1. The van der Waals surface area contributed by atoms with Crippen molar-refractivity contribution in [2.45, 2.75) is 103 Å². The highest BCUT2D eigenvalue weighted by atomic mass is 16.6. The number of carbonyl (C=O) groups excluding carboxylic acids is 3. The fourth-order valence-electron chi connectivity index (χ4n) is 7.02. The molecule has 2 N–H and O–H groups in total. The number of hydrogen-bond acceptors (Lipinski definition) is 7. The predicted octanol–water partition coefficient (Wildman–Crippen LogP) is 8.76. The Morgan fingerprint density at radius 1 is 0.842 bits per heavy atom. The third kappa shape index (κ3) is 16.3. The zero-order valence-electron chi connectivity index (χ0n) is 36.1. The van der Waals surface area contributed by atoms with Gasteiger partial charge in [0.1, 0.15) is 5.60 Å². The predicted molar refractivity (Wildman–Crippen MR) is 232 cm³/mol. The third-order valence-corrected chi connectivity index (χ3v) is 10.1. The Kier molecular flexibility index (Phi) is 19.7. The topological polar surface area (TPSA) is 109 Å². The maximum absolute atomic E-state index is 13.7. The second kappa shape index (κ2) is 23.9. The van der Waals surface area contributed by atoms with Crippen molar-refractivity contribution < 1.29 is 28.6 Å². The van der Waals surface area contributed by atoms with E-state index in [9.17, 15) is 14.4 Å². The standard InChI is InChI=1S/C47H70N4O6/c1-36(2)19-16-17-26-47(27-25-44(53)51(9)30-32-56-34-33-55-31-29-50(7)8)41-21-15-14-20-39(41)37(3)40-24-23-38(35-42(40)47)49-43(52)22-13-11-10-12-18-28-48-45(54)57-46(4,5)6/h14-17,19-21,23-24,26,35,37H,1,10-13,18,22,25,27-34H2,2-9H3,(H,48,54)(H,49,52)/b19-16-,26-17-. The van der Waals surface area contributed by atoms with Gasteiger partial charge in [0.2, 0.25) is 11.8 Å². The van der Waals surface area contributed by atoms with E-state index < -0.39 is 11.0 Å². The van der Waals surface area contributed by atoms with E-state index in [0.717, 1.165) is 55.5 Å². The number of benzene rings is 2. The van der Waals surface area contributed by atoms with Crippen molar-refractivity contribution >= 4 is 23.6 Å². The van der Waals surface area contributed by atoms with Gasteiger partial charge >= 0.3 is 6.09 Å². The van der Waals surface area contributed by atoms with Crippen LogP contribution in [0.3, 0.4) is 0 Å². The molecule has 10 heteroatoms. The van der Waals surface area contributed by atoms with Crippen LogP contribution in [0.2, 0.25) is 0 Å². The molecule has 3 amide bonds.